The lowest BCUT2D eigenvalue weighted by molar-refractivity contribution is -0.176. The average molecular weight is 562 g/mol. The summed E-state index contributed by atoms with van der Waals surface area (Å²) in [6.07, 6.45) is -2.97. The number of benzene rings is 2. The van der Waals surface area contributed by atoms with Crippen molar-refractivity contribution in [2.24, 2.45) is 13.0 Å². The number of hydrogen-bond acceptors (Lipinski definition) is 3. The van der Waals surface area contributed by atoms with Gasteiger partial charge in [0, 0.05) is 44.5 Å². The van der Waals surface area contributed by atoms with E-state index in [1.807, 2.05) is 11.6 Å². The van der Waals surface area contributed by atoms with Crippen molar-refractivity contribution in [3.05, 3.63) is 56.3 Å². The second-order valence-corrected chi connectivity index (χ2v) is 10.2. The van der Waals surface area contributed by atoms with E-state index in [1.165, 1.54) is 0 Å². The second kappa shape index (κ2) is 10.7. The molecule has 0 spiro atoms. The summed E-state index contributed by atoms with van der Waals surface area (Å²) in [6, 6.07) is 7.00. The Kier molecular flexibility index (Phi) is 7.98. The van der Waals surface area contributed by atoms with Gasteiger partial charge >= 0.3 is 6.18 Å². The van der Waals surface area contributed by atoms with E-state index in [0.717, 1.165) is 11.1 Å². The average Bonchev–Trinajstić information content (AvgIpc) is 3.13. The first-order valence-corrected chi connectivity index (χ1v) is 12.8. The number of hydrogen-bond donors (Lipinski definition) is 1. The zero-order chi connectivity index (χ0) is 26.2. The number of piperidine rings is 1. The van der Waals surface area contributed by atoms with Gasteiger partial charge in [0.15, 0.2) is 0 Å². The zero-order valence-corrected chi connectivity index (χ0v) is 22.1. The molecule has 1 aromatic heterocycles. The van der Waals surface area contributed by atoms with Gasteiger partial charge in [-0.25, -0.2) is 4.98 Å². The van der Waals surface area contributed by atoms with E-state index in [0.29, 0.717) is 63.5 Å². The normalized spacial score (nSPS) is 16.6. The molecule has 0 bridgehead atoms. The molecule has 1 N–H and O–H groups in total. The number of aromatic nitrogens is 2. The predicted octanol–water partition coefficient (Wildman–Crippen LogP) is 6.93. The van der Waals surface area contributed by atoms with Crippen LogP contribution in [-0.2, 0) is 24.8 Å². The van der Waals surface area contributed by atoms with Crippen molar-refractivity contribution in [2.75, 3.05) is 18.0 Å². The third-order valence-corrected chi connectivity index (χ3v) is 7.79. The molecule has 5 nitrogen and oxygen atoms in total. The van der Waals surface area contributed by atoms with E-state index < -0.39 is 12.1 Å². The Hall–Kier alpha value is -2.16. The highest BCUT2D eigenvalue weighted by atomic mass is 35.5. The molecular weight excluding hydrogens is 536 g/mol. The molecule has 1 atom stereocenters. The van der Waals surface area contributed by atoms with Gasteiger partial charge in [0.05, 0.1) is 32.7 Å². The number of rotatable bonds is 6. The van der Waals surface area contributed by atoms with Crippen molar-refractivity contribution in [1.29, 1.82) is 0 Å². The van der Waals surface area contributed by atoms with Crippen molar-refractivity contribution in [3.8, 4) is 0 Å². The number of nitrogens with one attached hydrogen (secondary N) is 1. The molecule has 2 aromatic carbocycles. The Balaban J connectivity index is 1.64. The van der Waals surface area contributed by atoms with Gasteiger partial charge in [-0.15, -0.1) is 0 Å². The molecule has 1 saturated heterocycles. The highest BCUT2D eigenvalue weighted by molar-refractivity contribution is 6.36. The monoisotopic (exact) mass is 560 g/mol. The van der Waals surface area contributed by atoms with Gasteiger partial charge in [-0.3, -0.25) is 4.79 Å². The van der Waals surface area contributed by atoms with Gasteiger partial charge < -0.3 is 14.8 Å². The number of anilines is 1. The van der Waals surface area contributed by atoms with Crippen molar-refractivity contribution in [3.63, 3.8) is 0 Å². The van der Waals surface area contributed by atoms with Crippen LogP contribution < -0.4 is 10.2 Å². The van der Waals surface area contributed by atoms with Crippen molar-refractivity contribution in [1.82, 2.24) is 14.9 Å². The molecule has 1 amide bonds. The number of imidazole rings is 1. The molecule has 1 fully saturated rings. The summed E-state index contributed by atoms with van der Waals surface area (Å²) >= 11 is 19.6. The van der Waals surface area contributed by atoms with Crippen LogP contribution in [0.3, 0.4) is 0 Å². The molecule has 0 aliphatic carbocycles. The largest absolute Gasteiger partial charge is 0.393 e. The van der Waals surface area contributed by atoms with Crippen LogP contribution in [0.1, 0.15) is 43.1 Å². The van der Waals surface area contributed by atoms with Crippen LogP contribution in [0.25, 0.3) is 11.0 Å². The topological polar surface area (TPSA) is 50.2 Å². The maximum atomic E-state index is 13.3. The minimum absolute atomic E-state index is 0.0825. The first-order valence-electron chi connectivity index (χ1n) is 11.7. The lowest BCUT2D eigenvalue weighted by Gasteiger charge is -2.35. The summed E-state index contributed by atoms with van der Waals surface area (Å²) in [7, 11) is 1.84. The summed E-state index contributed by atoms with van der Waals surface area (Å²) < 4.78 is 41.9. The van der Waals surface area contributed by atoms with Gasteiger partial charge in [0.2, 0.25) is 5.91 Å². The molecule has 1 aliphatic heterocycles. The first kappa shape index (κ1) is 26.9. The molecular formula is C25H26Cl3F3N4O. The highest BCUT2D eigenvalue weighted by Crippen LogP contribution is 2.39. The fourth-order valence-electron chi connectivity index (χ4n) is 4.54. The Labute approximate surface area is 222 Å². The molecule has 11 heteroatoms. The third kappa shape index (κ3) is 5.55. The third-order valence-electron chi connectivity index (χ3n) is 6.67. The number of amides is 1. The summed E-state index contributed by atoms with van der Waals surface area (Å²) in [4.78, 5) is 18.1. The Morgan fingerprint density at radius 1 is 1.19 bits per heavy atom. The number of carbonyl (C=O) groups is 1. The number of nitrogens with zero attached hydrogens (tertiary/aromatic N) is 3. The van der Waals surface area contributed by atoms with Crippen LogP contribution in [0, 0.1) is 5.92 Å². The standard InChI is InChI=1S/C25H26Cl3F3N4O/c1-3-23(36)32-12-14-6-7-17(26)16(24(14)28)9-22-33-19-10-18(27)20(11-21(19)34(22)2)35-8-4-5-15(13-35)25(29,30)31/h6-7,10-11,15H,3-5,8-9,12-13H2,1-2H3,(H,32,36). The van der Waals surface area contributed by atoms with Gasteiger partial charge in [-0.1, -0.05) is 47.8 Å². The number of halogens is 6. The van der Waals surface area contributed by atoms with Crippen molar-refractivity contribution < 1.29 is 18.0 Å². The lowest BCUT2D eigenvalue weighted by atomic mass is 9.97. The number of fused-ring (bicyclic) bond motifs is 1. The quantitative estimate of drug-likeness (QED) is 0.355. The minimum Gasteiger partial charge on any atom is -0.370 e. The van der Waals surface area contributed by atoms with Crippen LogP contribution in [0.2, 0.25) is 15.1 Å². The lowest BCUT2D eigenvalue weighted by Crippen LogP contribution is -2.41. The first-order chi connectivity index (χ1) is 17.0. The zero-order valence-electron chi connectivity index (χ0n) is 19.9. The van der Waals surface area contributed by atoms with Gasteiger partial charge in [-0.2, -0.15) is 13.2 Å². The van der Waals surface area contributed by atoms with E-state index in [9.17, 15) is 18.0 Å². The Bertz CT molecular complexity index is 1290. The van der Waals surface area contributed by atoms with E-state index in [4.69, 9.17) is 39.8 Å². The van der Waals surface area contributed by atoms with Crippen LogP contribution in [0.4, 0.5) is 18.9 Å². The van der Waals surface area contributed by atoms with E-state index in [2.05, 4.69) is 5.32 Å². The predicted molar refractivity (Wildman–Crippen MR) is 138 cm³/mol. The summed E-state index contributed by atoms with van der Waals surface area (Å²) in [6.45, 7) is 2.45. The Morgan fingerprint density at radius 3 is 2.64 bits per heavy atom. The smallest absolute Gasteiger partial charge is 0.370 e. The molecule has 0 radical (unpaired) electrons. The summed E-state index contributed by atoms with van der Waals surface area (Å²) in [5, 5.41) is 4.10. The molecule has 0 saturated carbocycles. The number of aryl methyl sites for hydroxylation is 1. The van der Waals surface area contributed by atoms with Crippen molar-refractivity contribution in [2.45, 2.75) is 45.3 Å². The fourth-order valence-corrected chi connectivity index (χ4v) is 5.39. The minimum atomic E-state index is -4.23. The fraction of sp³-hybridized carbons (Fsp3) is 0.440. The van der Waals surface area contributed by atoms with Crippen LogP contribution in [-0.4, -0.2) is 34.7 Å². The van der Waals surface area contributed by atoms with Crippen LogP contribution in [0.5, 0.6) is 0 Å². The second-order valence-electron chi connectivity index (χ2n) is 9.01. The van der Waals surface area contributed by atoms with Crippen LogP contribution >= 0.6 is 34.8 Å². The number of alkyl halides is 3. The SMILES string of the molecule is CCC(=O)NCc1ccc(Cl)c(Cc2nc3cc(Cl)c(N4CCCC(C(F)(F)F)C4)cc3n2C)c1Cl. The van der Waals surface area contributed by atoms with Crippen molar-refractivity contribution >= 4 is 57.4 Å². The van der Waals surface area contributed by atoms with E-state index >= 15 is 0 Å². The van der Waals surface area contributed by atoms with Crippen LogP contribution in [0.15, 0.2) is 24.3 Å². The maximum absolute atomic E-state index is 13.3. The Morgan fingerprint density at radius 2 is 1.94 bits per heavy atom. The summed E-state index contributed by atoms with van der Waals surface area (Å²) in [5.41, 5.74) is 3.36. The van der Waals surface area contributed by atoms with E-state index in [1.54, 1.807) is 36.1 Å². The molecule has 194 valence electrons. The number of carbonyl (C=O) groups excluding carboxylic acids is 1. The molecule has 1 unspecified atom stereocenters. The van der Waals surface area contributed by atoms with Gasteiger partial charge in [-0.05, 0) is 42.2 Å². The molecule has 1 aliphatic rings. The molecule has 3 aromatic rings. The van der Waals surface area contributed by atoms with Gasteiger partial charge in [0.1, 0.15) is 5.82 Å². The summed E-state index contributed by atoms with van der Waals surface area (Å²) in [5.74, 6) is -0.789. The maximum Gasteiger partial charge on any atom is 0.393 e. The highest BCUT2D eigenvalue weighted by Gasteiger charge is 2.42. The van der Waals surface area contributed by atoms with E-state index in [-0.39, 0.29) is 25.4 Å². The molecule has 4 rings (SSSR count). The molecule has 36 heavy (non-hydrogen) atoms. The van der Waals surface area contributed by atoms with Gasteiger partial charge in [0.25, 0.3) is 0 Å². The molecule has 2 heterocycles.